The summed E-state index contributed by atoms with van der Waals surface area (Å²) < 4.78 is 5.35. The zero-order chi connectivity index (χ0) is 19.3. The maximum absolute atomic E-state index is 13.2. The van der Waals surface area contributed by atoms with Crippen molar-refractivity contribution in [3.63, 3.8) is 0 Å². The number of methoxy groups -OCH3 is 1. The third-order valence-corrected chi connectivity index (χ3v) is 5.80. The van der Waals surface area contributed by atoms with Gasteiger partial charge in [0.1, 0.15) is 5.75 Å². The third-order valence-electron chi connectivity index (χ3n) is 5.80. The van der Waals surface area contributed by atoms with Gasteiger partial charge in [-0.15, -0.1) is 0 Å². The van der Waals surface area contributed by atoms with Crippen LogP contribution in [0.15, 0.2) is 48.5 Å². The summed E-state index contributed by atoms with van der Waals surface area (Å²) in [4.78, 5) is 32.8. The molecule has 6 nitrogen and oxygen atoms in total. The van der Waals surface area contributed by atoms with Crippen molar-refractivity contribution in [2.24, 2.45) is 0 Å². The number of imide groups is 1. The lowest BCUT2D eigenvalue weighted by atomic mass is 10.0. The van der Waals surface area contributed by atoms with Gasteiger partial charge in [-0.2, -0.15) is 0 Å². The highest BCUT2D eigenvalue weighted by Crippen LogP contribution is 2.35. The summed E-state index contributed by atoms with van der Waals surface area (Å²) in [7, 11) is 1.55. The van der Waals surface area contributed by atoms with Crippen molar-refractivity contribution in [1.29, 1.82) is 0 Å². The molecule has 1 saturated heterocycles. The molecule has 1 fully saturated rings. The van der Waals surface area contributed by atoms with E-state index in [4.69, 9.17) is 4.74 Å². The van der Waals surface area contributed by atoms with Crippen molar-refractivity contribution < 1.29 is 14.3 Å². The maximum atomic E-state index is 13.2. The van der Waals surface area contributed by atoms with Crippen LogP contribution in [0.3, 0.4) is 0 Å². The number of para-hydroxylation sites is 3. The number of carbonyl (C=O) groups excluding carboxylic acids is 2. The minimum absolute atomic E-state index is 0.172. The normalized spacial score (nSPS) is 20.0. The summed E-state index contributed by atoms with van der Waals surface area (Å²) in [6.07, 6.45) is 1.07. The Balaban J connectivity index is 1.43. The van der Waals surface area contributed by atoms with Crippen molar-refractivity contribution in [3.8, 4) is 5.75 Å². The number of rotatable bonds is 3. The van der Waals surface area contributed by atoms with Crippen LogP contribution in [-0.4, -0.2) is 41.4 Å². The average Bonchev–Trinajstić information content (AvgIpc) is 3.24. The summed E-state index contributed by atoms with van der Waals surface area (Å²) >= 11 is 0. The number of amides is 2. The van der Waals surface area contributed by atoms with Crippen molar-refractivity contribution >= 4 is 28.4 Å². The molecule has 2 aliphatic heterocycles. The first-order valence-corrected chi connectivity index (χ1v) is 9.49. The SMILES string of the molecule is COc1ccccc1N1C(=O)CC(N2CCc3c([nH]c4ccccc34)C2)C1=O. The van der Waals surface area contributed by atoms with Gasteiger partial charge in [0.05, 0.1) is 25.3 Å². The highest BCUT2D eigenvalue weighted by atomic mass is 16.5. The molecule has 0 bridgehead atoms. The highest BCUT2D eigenvalue weighted by molar-refractivity contribution is 6.23. The fraction of sp³-hybridized carbons (Fsp3) is 0.273. The molecule has 142 valence electrons. The Kier molecular flexibility index (Phi) is 3.94. The molecule has 1 N–H and O–H groups in total. The molecule has 0 radical (unpaired) electrons. The van der Waals surface area contributed by atoms with Crippen LogP contribution < -0.4 is 9.64 Å². The van der Waals surface area contributed by atoms with Gasteiger partial charge in [0.25, 0.3) is 5.91 Å². The van der Waals surface area contributed by atoms with Crippen LogP contribution in [-0.2, 0) is 22.6 Å². The summed E-state index contributed by atoms with van der Waals surface area (Å²) in [5.41, 5.74) is 4.11. The lowest BCUT2D eigenvalue weighted by Gasteiger charge is -2.30. The topological polar surface area (TPSA) is 65.6 Å². The molecule has 3 aromatic rings. The van der Waals surface area contributed by atoms with Gasteiger partial charge in [-0.05, 0) is 30.2 Å². The second kappa shape index (κ2) is 6.49. The zero-order valence-electron chi connectivity index (χ0n) is 15.6. The number of aromatic nitrogens is 1. The average molecular weight is 375 g/mol. The first-order chi connectivity index (χ1) is 13.7. The molecule has 2 amide bonds. The van der Waals surface area contributed by atoms with Gasteiger partial charge in [0, 0.05) is 29.7 Å². The number of benzene rings is 2. The first-order valence-electron chi connectivity index (χ1n) is 9.49. The molecule has 28 heavy (non-hydrogen) atoms. The minimum atomic E-state index is -0.433. The van der Waals surface area contributed by atoms with Gasteiger partial charge in [0.2, 0.25) is 5.91 Å². The number of ether oxygens (including phenoxy) is 1. The Bertz CT molecular complexity index is 1090. The van der Waals surface area contributed by atoms with E-state index in [-0.39, 0.29) is 18.2 Å². The van der Waals surface area contributed by atoms with Crippen LogP contribution >= 0.6 is 0 Å². The van der Waals surface area contributed by atoms with Gasteiger partial charge < -0.3 is 9.72 Å². The summed E-state index contributed by atoms with van der Waals surface area (Å²) in [5, 5.41) is 1.25. The molecule has 5 rings (SSSR count). The van der Waals surface area contributed by atoms with Crippen LogP contribution in [0.5, 0.6) is 5.75 Å². The van der Waals surface area contributed by atoms with Gasteiger partial charge in [-0.25, -0.2) is 4.90 Å². The molecule has 2 aromatic carbocycles. The number of anilines is 1. The van der Waals surface area contributed by atoms with Crippen molar-refractivity contribution in [2.75, 3.05) is 18.6 Å². The molecule has 1 atom stereocenters. The Morgan fingerprint density at radius 2 is 1.86 bits per heavy atom. The molecule has 6 heteroatoms. The number of fused-ring (bicyclic) bond motifs is 3. The molecular weight excluding hydrogens is 354 g/mol. The maximum Gasteiger partial charge on any atom is 0.251 e. The van der Waals surface area contributed by atoms with Gasteiger partial charge in [0.15, 0.2) is 0 Å². The molecular formula is C22H21N3O3. The largest absolute Gasteiger partial charge is 0.495 e. The third kappa shape index (κ3) is 2.52. The second-order valence-electron chi connectivity index (χ2n) is 7.31. The Labute approximate surface area is 162 Å². The first kappa shape index (κ1) is 17.0. The number of nitrogens with one attached hydrogen (secondary N) is 1. The second-order valence-corrected chi connectivity index (χ2v) is 7.31. The van der Waals surface area contributed by atoms with E-state index in [2.05, 4.69) is 22.0 Å². The number of hydrogen-bond acceptors (Lipinski definition) is 4. The highest BCUT2D eigenvalue weighted by Gasteiger charge is 2.44. The van der Waals surface area contributed by atoms with E-state index < -0.39 is 6.04 Å². The fourth-order valence-corrected chi connectivity index (χ4v) is 4.45. The monoisotopic (exact) mass is 375 g/mol. The Hall–Kier alpha value is -3.12. The van der Waals surface area contributed by atoms with E-state index in [1.165, 1.54) is 15.8 Å². The predicted octanol–water partition coefficient (Wildman–Crippen LogP) is 2.87. The van der Waals surface area contributed by atoms with Gasteiger partial charge >= 0.3 is 0 Å². The Morgan fingerprint density at radius 1 is 1.07 bits per heavy atom. The van der Waals surface area contributed by atoms with E-state index in [9.17, 15) is 9.59 Å². The number of nitrogens with zero attached hydrogens (tertiary/aromatic N) is 2. The molecule has 2 aliphatic rings. The molecule has 0 spiro atoms. The lowest BCUT2D eigenvalue weighted by molar-refractivity contribution is -0.123. The number of H-pyrrole nitrogens is 1. The quantitative estimate of drug-likeness (QED) is 0.715. The van der Waals surface area contributed by atoms with Crippen LogP contribution in [0, 0.1) is 0 Å². The fourth-order valence-electron chi connectivity index (χ4n) is 4.45. The van der Waals surface area contributed by atoms with Crippen LogP contribution in [0.4, 0.5) is 5.69 Å². The van der Waals surface area contributed by atoms with Crippen molar-refractivity contribution in [2.45, 2.75) is 25.4 Å². The van der Waals surface area contributed by atoms with Crippen molar-refractivity contribution in [3.05, 3.63) is 59.8 Å². The zero-order valence-corrected chi connectivity index (χ0v) is 15.6. The van der Waals surface area contributed by atoms with Gasteiger partial charge in [-0.1, -0.05) is 30.3 Å². The van der Waals surface area contributed by atoms with Crippen LogP contribution in [0.1, 0.15) is 17.7 Å². The number of hydrogen-bond donors (Lipinski definition) is 1. The van der Waals surface area contributed by atoms with Crippen LogP contribution in [0.25, 0.3) is 10.9 Å². The number of carbonyl (C=O) groups is 2. The summed E-state index contributed by atoms with van der Waals surface area (Å²) in [6.45, 7) is 1.41. The van der Waals surface area contributed by atoms with E-state index in [1.807, 2.05) is 24.3 Å². The van der Waals surface area contributed by atoms with E-state index in [0.29, 0.717) is 18.0 Å². The molecule has 3 heterocycles. The predicted molar refractivity (Wildman–Crippen MR) is 106 cm³/mol. The molecule has 1 aromatic heterocycles. The van der Waals surface area contributed by atoms with Gasteiger partial charge in [-0.3, -0.25) is 14.5 Å². The summed E-state index contributed by atoms with van der Waals surface area (Å²) in [5.74, 6) is 0.178. The van der Waals surface area contributed by atoms with E-state index >= 15 is 0 Å². The minimum Gasteiger partial charge on any atom is -0.495 e. The van der Waals surface area contributed by atoms with E-state index in [1.54, 1.807) is 19.2 Å². The molecule has 1 unspecified atom stereocenters. The van der Waals surface area contributed by atoms with Crippen LogP contribution in [0.2, 0.25) is 0 Å². The van der Waals surface area contributed by atoms with Crippen molar-refractivity contribution in [1.82, 2.24) is 9.88 Å². The standard InChI is InChI=1S/C22H21N3O3/c1-28-20-9-5-4-8-18(20)25-21(26)12-19(22(25)27)24-11-10-15-14-6-2-3-7-16(14)23-17(15)13-24/h2-9,19,23H,10-13H2,1H3. The lowest BCUT2D eigenvalue weighted by Crippen LogP contribution is -2.44. The smallest absolute Gasteiger partial charge is 0.251 e. The van der Waals surface area contributed by atoms with E-state index in [0.717, 1.165) is 24.2 Å². The summed E-state index contributed by atoms with van der Waals surface area (Å²) in [6, 6.07) is 15.0. The molecule has 0 aliphatic carbocycles. The molecule has 0 saturated carbocycles. The Morgan fingerprint density at radius 3 is 2.71 bits per heavy atom. The number of aromatic amines is 1.